The Morgan fingerprint density at radius 1 is 0.816 bits per heavy atom. The van der Waals surface area contributed by atoms with E-state index in [2.05, 4.69) is 16.9 Å². The van der Waals surface area contributed by atoms with Crippen LogP contribution in [0.3, 0.4) is 0 Å². The van der Waals surface area contributed by atoms with Crippen LogP contribution in [-0.4, -0.2) is 0 Å². The number of hydrogen-bond acceptors (Lipinski definition) is 1. The third kappa shape index (κ3) is 6.05. The molecule has 0 atom stereocenters. The molecule has 0 heterocycles. The molecule has 1 aliphatic rings. The zero-order valence-electron chi connectivity index (χ0n) is 20.7. The van der Waals surface area contributed by atoms with Crippen LogP contribution in [0.2, 0.25) is 0 Å². The molecule has 3 aromatic rings. The lowest BCUT2D eigenvalue weighted by molar-refractivity contribution is -0.187. The maximum atomic E-state index is 14.9. The van der Waals surface area contributed by atoms with Crippen LogP contribution in [-0.2, 0) is 6.11 Å². The van der Waals surface area contributed by atoms with Crippen molar-refractivity contribution in [3.05, 3.63) is 101 Å². The second kappa shape index (κ2) is 11.6. The monoisotopic (exact) mass is 536 g/mol. The van der Waals surface area contributed by atoms with Gasteiger partial charge in [0.15, 0.2) is 29.1 Å². The van der Waals surface area contributed by atoms with E-state index in [1.807, 2.05) is 19.1 Å². The van der Waals surface area contributed by atoms with Crippen molar-refractivity contribution in [2.45, 2.75) is 57.5 Å². The third-order valence-corrected chi connectivity index (χ3v) is 7.12. The van der Waals surface area contributed by atoms with Gasteiger partial charge in [-0.25, -0.2) is 22.0 Å². The van der Waals surface area contributed by atoms with Crippen molar-refractivity contribution < 1.29 is 35.5 Å². The second-order valence-electron chi connectivity index (χ2n) is 9.59. The molecule has 0 aliphatic heterocycles. The Kier molecular flexibility index (Phi) is 8.48. The van der Waals surface area contributed by atoms with Gasteiger partial charge in [0.1, 0.15) is 11.3 Å². The van der Waals surface area contributed by atoms with E-state index in [4.69, 9.17) is 0 Å². The Balaban J connectivity index is 1.48. The van der Waals surface area contributed by atoms with Crippen LogP contribution in [0.5, 0.6) is 5.75 Å². The van der Waals surface area contributed by atoms with Crippen molar-refractivity contribution in [3.63, 3.8) is 0 Å². The third-order valence-electron chi connectivity index (χ3n) is 7.12. The molecule has 1 saturated carbocycles. The van der Waals surface area contributed by atoms with E-state index in [1.54, 1.807) is 12.1 Å². The summed E-state index contributed by atoms with van der Waals surface area (Å²) in [6, 6.07) is 8.96. The minimum absolute atomic E-state index is 0.187. The number of rotatable bonds is 8. The number of ether oxygens (including phenoxy) is 1. The highest BCUT2D eigenvalue weighted by atomic mass is 19.3. The normalized spacial score (nSPS) is 18.2. The predicted molar refractivity (Wildman–Crippen MR) is 131 cm³/mol. The number of benzene rings is 3. The van der Waals surface area contributed by atoms with Crippen molar-refractivity contribution in [2.75, 3.05) is 0 Å². The maximum Gasteiger partial charge on any atom is 0.429 e. The van der Waals surface area contributed by atoms with E-state index in [-0.39, 0.29) is 17.7 Å². The highest BCUT2D eigenvalue weighted by molar-refractivity contribution is 5.65. The number of alkyl halides is 2. The first-order valence-corrected chi connectivity index (χ1v) is 12.5. The van der Waals surface area contributed by atoms with Crippen molar-refractivity contribution in [1.82, 2.24) is 0 Å². The molecule has 38 heavy (non-hydrogen) atoms. The van der Waals surface area contributed by atoms with Gasteiger partial charge in [-0.05, 0) is 74.5 Å². The van der Waals surface area contributed by atoms with Gasteiger partial charge in [-0.1, -0.05) is 42.5 Å². The van der Waals surface area contributed by atoms with Crippen molar-refractivity contribution in [2.24, 2.45) is 5.92 Å². The van der Waals surface area contributed by atoms with Crippen LogP contribution in [0.15, 0.2) is 60.7 Å². The van der Waals surface area contributed by atoms with Crippen LogP contribution in [0.25, 0.3) is 11.1 Å². The van der Waals surface area contributed by atoms with Gasteiger partial charge in [0.25, 0.3) is 0 Å². The van der Waals surface area contributed by atoms with Gasteiger partial charge in [0.2, 0.25) is 0 Å². The fourth-order valence-corrected chi connectivity index (χ4v) is 5.01. The summed E-state index contributed by atoms with van der Waals surface area (Å²) in [5.74, 6) is -8.79. The largest absolute Gasteiger partial charge is 0.429 e. The first kappa shape index (κ1) is 27.7. The van der Waals surface area contributed by atoms with E-state index in [0.29, 0.717) is 23.5 Å². The Hall–Kier alpha value is -3.29. The Bertz CT molecular complexity index is 1270. The number of allylic oxidation sites excluding steroid dienone is 2. The summed E-state index contributed by atoms with van der Waals surface area (Å²) in [5, 5.41) is 0. The molecule has 0 spiro atoms. The summed E-state index contributed by atoms with van der Waals surface area (Å²) < 4.78 is 103. The molecule has 3 aromatic carbocycles. The van der Waals surface area contributed by atoms with E-state index in [9.17, 15) is 30.7 Å². The average molecular weight is 537 g/mol. The summed E-state index contributed by atoms with van der Waals surface area (Å²) in [4.78, 5) is 0. The molecular formula is C30H27F7O. The summed E-state index contributed by atoms with van der Waals surface area (Å²) in [6.45, 7) is 2.02. The summed E-state index contributed by atoms with van der Waals surface area (Å²) in [7, 11) is 0. The zero-order chi connectivity index (χ0) is 27.4. The van der Waals surface area contributed by atoms with Crippen LogP contribution in [0.4, 0.5) is 30.7 Å². The molecule has 1 fully saturated rings. The summed E-state index contributed by atoms with van der Waals surface area (Å²) in [5.41, 5.74) is -0.285. The van der Waals surface area contributed by atoms with E-state index in [1.165, 1.54) is 6.42 Å². The van der Waals surface area contributed by atoms with E-state index in [0.717, 1.165) is 43.7 Å². The minimum atomic E-state index is -4.49. The second-order valence-corrected chi connectivity index (χ2v) is 9.59. The Morgan fingerprint density at radius 3 is 2.05 bits per heavy atom. The molecule has 4 rings (SSSR count). The summed E-state index contributed by atoms with van der Waals surface area (Å²) in [6.07, 6.45) is 6.39. The molecular weight excluding hydrogens is 509 g/mol. The van der Waals surface area contributed by atoms with Crippen molar-refractivity contribution in [1.29, 1.82) is 0 Å². The smallest absolute Gasteiger partial charge is 0.429 e. The molecule has 0 bridgehead atoms. The lowest BCUT2D eigenvalue weighted by Crippen LogP contribution is -2.24. The van der Waals surface area contributed by atoms with Crippen molar-refractivity contribution >= 4 is 0 Å². The quantitative estimate of drug-likeness (QED) is 0.158. The van der Waals surface area contributed by atoms with E-state index >= 15 is 0 Å². The average Bonchev–Trinajstić information content (AvgIpc) is 2.89. The lowest BCUT2D eigenvalue weighted by atomic mass is 9.77. The molecule has 0 unspecified atom stereocenters. The van der Waals surface area contributed by atoms with Crippen LogP contribution in [0.1, 0.15) is 62.5 Å². The van der Waals surface area contributed by atoms with Crippen LogP contribution in [0, 0.1) is 35.0 Å². The molecule has 1 nitrogen and oxygen atoms in total. The fraction of sp³-hybridized carbons (Fsp3) is 0.333. The zero-order valence-corrected chi connectivity index (χ0v) is 20.7. The number of hydrogen-bond donors (Lipinski definition) is 0. The molecule has 0 N–H and O–H groups in total. The van der Waals surface area contributed by atoms with Crippen molar-refractivity contribution in [3.8, 4) is 16.9 Å². The lowest BCUT2D eigenvalue weighted by Gasteiger charge is -2.28. The minimum Gasteiger partial charge on any atom is -0.429 e. The fourth-order valence-electron chi connectivity index (χ4n) is 5.01. The molecule has 0 amide bonds. The SMILES string of the molecule is CC=CCCC1CCC(c2ccc(-c3ccc(C(F)(F)Oc4cc(F)c(F)c(F)c4)c(F)c3F)cc2)CC1. The molecule has 8 heteroatoms. The van der Waals surface area contributed by atoms with Gasteiger partial charge in [-0.2, -0.15) is 8.78 Å². The van der Waals surface area contributed by atoms with Crippen LogP contribution >= 0.6 is 0 Å². The van der Waals surface area contributed by atoms with Gasteiger partial charge >= 0.3 is 6.11 Å². The molecule has 202 valence electrons. The van der Waals surface area contributed by atoms with Gasteiger partial charge in [-0.3, -0.25) is 0 Å². The first-order chi connectivity index (χ1) is 18.1. The molecule has 0 aromatic heterocycles. The molecule has 0 saturated heterocycles. The number of halogens is 7. The molecule has 1 aliphatic carbocycles. The van der Waals surface area contributed by atoms with Gasteiger partial charge in [0, 0.05) is 17.7 Å². The molecule has 0 radical (unpaired) electrons. The van der Waals surface area contributed by atoms with Gasteiger partial charge in [0.05, 0.1) is 0 Å². The Morgan fingerprint density at radius 2 is 1.45 bits per heavy atom. The highest BCUT2D eigenvalue weighted by Gasteiger charge is 2.40. The highest BCUT2D eigenvalue weighted by Crippen LogP contribution is 2.40. The van der Waals surface area contributed by atoms with Gasteiger partial charge < -0.3 is 4.74 Å². The first-order valence-electron chi connectivity index (χ1n) is 12.5. The summed E-state index contributed by atoms with van der Waals surface area (Å²) >= 11 is 0. The van der Waals surface area contributed by atoms with E-state index < -0.39 is 46.5 Å². The van der Waals surface area contributed by atoms with Crippen LogP contribution < -0.4 is 4.74 Å². The predicted octanol–water partition coefficient (Wildman–Crippen LogP) is 9.81. The standard InChI is InChI=1S/C30H27F7O/c1-2-3-4-5-18-6-8-19(9-7-18)20-10-12-21(13-11-20)23-14-15-24(28(34)27(23)33)30(36,37)38-22-16-25(31)29(35)26(32)17-22/h2-3,10-19H,4-9H2,1H3. The maximum absolute atomic E-state index is 14.9. The topological polar surface area (TPSA) is 9.23 Å². The van der Waals surface area contributed by atoms with Gasteiger partial charge in [-0.15, -0.1) is 0 Å². The Labute approximate surface area is 217 Å².